The molecule has 1 saturated carbocycles. The Hall–Kier alpha value is -0.860. The van der Waals surface area contributed by atoms with Gasteiger partial charge in [0.1, 0.15) is 0 Å². The van der Waals surface area contributed by atoms with Crippen LogP contribution in [0, 0.1) is 19.8 Å². The van der Waals surface area contributed by atoms with Gasteiger partial charge in [-0.05, 0) is 51.3 Å². The van der Waals surface area contributed by atoms with Gasteiger partial charge in [0.15, 0.2) is 0 Å². The molecule has 1 atom stereocenters. The van der Waals surface area contributed by atoms with Gasteiger partial charge in [-0.1, -0.05) is 49.6 Å². The molecular weight excluding hydrogens is 256 g/mol. The van der Waals surface area contributed by atoms with Gasteiger partial charge in [0.2, 0.25) is 0 Å². The monoisotopic (exact) mass is 288 g/mol. The molecule has 1 N–H and O–H groups in total. The van der Waals surface area contributed by atoms with E-state index in [2.05, 4.69) is 56.1 Å². The van der Waals surface area contributed by atoms with Crippen molar-refractivity contribution in [2.24, 2.45) is 5.92 Å². The first-order valence-corrected chi connectivity index (χ1v) is 8.66. The number of likely N-dealkylation sites (N-methyl/N-ethyl adjacent to an activating group) is 2. The van der Waals surface area contributed by atoms with Crippen LogP contribution in [-0.2, 0) is 0 Å². The maximum absolute atomic E-state index is 3.69. The average molecular weight is 288 g/mol. The number of benzene rings is 1. The van der Waals surface area contributed by atoms with Crippen molar-refractivity contribution in [1.82, 2.24) is 10.2 Å². The lowest BCUT2D eigenvalue weighted by molar-refractivity contribution is 0.170. The lowest BCUT2D eigenvalue weighted by atomic mass is 9.85. The number of nitrogens with one attached hydrogen (secondary N) is 1. The van der Waals surface area contributed by atoms with Gasteiger partial charge in [-0.2, -0.15) is 0 Å². The number of hydrogen-bond donors (Lipinski definition) is 1. The average Bonchev–Trinajstić information content (AvgIpc) is 2.39. The minimum absolute atomic E-state index is 0.452. The summed E-state index contributed by atoms with van der Waals surface area (Å²) in [6.45, 7) is 13.5. The molecule has 0 amide bonds. The Kier molecular flexibility index (Phi) is 6.25. The Morgan fingerprint density at radius 1 is 1.14 bits per heavy atom. The highest BCUT2D eigenvalue weighted by Crippen LogP contribution is 2.28. The molecule has 0 aromatic heterocycles. The summed E-state index contributed by atoms with van der Waals surface area (Å²) in [6, 6.07) is 7.40. The second-order valence-corrected chi connectivity index (χ2v) is 6.68. The number of nitrogens with zero attached hydrogens (tertiary/aromatic N) is 1. The van der Waals surface area contributed by atoms with Crippen LogP contribution in [0.4, 0.5) is 0 Å². The van der Waals surface area contributed by atoms with E-state index in [0.29, 0.717) is 6.04 Å². The highest BCUT2D eigenvalue weighted by atomic mass is 15.1. The molecule has 0 aliphatic heterocycles. The maximum atomic E-state index is 3.69. The standard InChI is InChI=1S/C19H32N2/c1-5-20-19(18-11-15(3)10-16(4)12-18)14-21(6-2)13-17-8-7-9-17/h10-12,17,19-20H,5-9,13-14H2,1-4H3. The van der Waals surface area contributed by atoms with Gasteiger partial charge in [-0.25, -0.2) is 0 Å². The van der Waals surface area contributed by atoms with Crippen molar-refractivity contribution in [3.8, 4) is 0 Å². The van der Waals surface area contributed by atoms with Crippen LogP contribution in [0.25, 0.3) is 0 Å². The van der Waals surface area contributed by atoms with Crippen molar-refractivity contribution in [3.63, 3.8) is 0 Å². The van der Waals surface area contributed by atoms with Crippen LogP contribution >= 0.6 is 0 Å². The predicted molar refractivity (Wildman–Crippen MR) is 91.8 cm³/mol. The Morgan fingerprint density at radius 2 is 1.81 bits per heavy atom. The van der Waals surface area contributed by atoms with Crippen molar-refractivity contribution < 1.29 is 0 Å². The summed E-state index contributed by atoms with van der Waals surface area (Å²) < 4.78 is 0. The summed E-state index contributed by atoms with van der Waals surface area (Å²) in [4.78, 5) is 2.63. The topological polar surface area (TPSA) is 15.3 Å². The molecule has 21 heavy (non-hydrogen) atoms. The minimum Gasteiger partial charge on any atom is -0.309 e. The SMILES string of the molecule is CCNC(CN(CC)CC1CCC1)c1cc(C)cc(C)c1. The van der Waals surface area contributed by atoms with Crippen molar-refractivity contribution in [2.45, 2.75) is 53.0 Å². The van der Waals surface area contributed by atoms with Crippen molar-refractivity contribution in [1.29, 1.82) is 0 Å². The molecule has 1 aliphatic rings. The number of hydrogen-bond acceptors (Lipinski definition) is 2. The highest BCUT2D eigenvalue weighted by molar-refractivity contribution is 5.31. The zero-order chi connectivity index (χ0) is 15.2. The Balaban J connectivity index is 2.05. The third-order valence-electron chi connectivity index (χ3n) is 4.73. The Labute approximate surface area is 130 Å². The molecule has 0 radical (unpaired) electrons. The minimum atomic E-state index is 0.452. The van der Waals surface area contributed by atoms with E-state index in [1.54, 1.807) is 0 Å². The molecule has 1 fully saturated rings. The van der Waals surface area contributed by atoms with E-state index in [-0.39, 0.29) is 0 Å². The van der Waals surface area contributed by atoms with E-state index in [1.165, 1.54) is 42.5 Å². The van der Waals surface area contributed by atoms with Crippen LogP contribution in [0.1, 0.15) is 55.8 Å². The summed E-state index contributed by atoms with van der Waals surface area (Å²) in [7, 11) is 0. The van der Waals surface area contributed by atoms with E-state index >= 15 is 0 Å². The van der Waals surface area contributed by atoms with Crippen LogP contribution in [0.3, 0.4) is 0 Å². The molecule has 0 bridgehead atoms. The van der Waals surface area contributed by atoms with Crippen LogP contribution in [-0.4, -0.2) is 31.1 Å². The summed E-state index contributed by atoms with van der Waals surface area (Å²) >= 11 is 0. The van der Waals surface area contributed by atoms with Crippen LogP contribution in [0.2, 0.25) is 0 Å². The van der Waals surface area contributed by atoms with E-state index in [4.69, 9.17) is 0 Å². The largest absolute Gasteiger partial charge is 0.309 e. The molecule has 0 heterocycles. The fourth-order valence-corrected chi connectivity index (χ4v) is 3.38. The van der Waals surface area contributed by atoms with Gasteiger partial charge >= 0.3 is 0 Å². The van der Waals surface area contributed by atoms with E-state index in [9.17, 15) is 0 Å². The summed E-state index contributed by atoms with van der Waals surface area (Å²) in [6.07, 6.45) is 4.31. The first-order valence-electron chi connectivity index (χ1n) is 8.66. The molecule has 0 spiro atoms. The normalized spacial score (nSPS) is 17.0. The Morgan fingerprint density at radius 3 is 2.29 bits per heavy atom. The number of rotatable bonds is 8. The van der Waals surface area contributed by atoms with Gasteiger partial charge in [0.05, 0.1) is 0 Å². The summed E-state index contributed by atoms with van der Waals surface area (Å²) in [5, 5.41) is 3.69. The lowest BCUT2D eigenvalue weighted by Crippen LogP contribution is -2.39. The predicted octanol–water partition coefficient (Wildman–Crippen LogP) is 4.08. The second-order valence-electron chi connectivity index (χ2n) is 6.68. The van der Waals surface area contributed by atoms with Gasteiger partial charge in [0.25, 0.3) is 0 Å². The van der Waals surface area contributed by atoms with Gasteiger partial charge in [-0.15, -0.1) is 0 Å². The van der Waals surface area contributed by atoms with Gasteiger partial charge < -0.3 is 10.2 Å². The lowest BCUT2D eigenvalue weighted by Gasteiger charge is -2.34. The van der Waals surface area contributed by atoms with Gasteiger partial charge in [-0.3, -0.25) is 0 Å². The highest BCUT2D eigenvalue weighted by Gasteiger charge is 2.22. The first-order chi connectivity index (χ1) is 10.1. The fourth-order valence-electron chi connectivity index (χ4n) is 3.38. The molecule has 1 aliphatic carbocycles. The second kappa shape index (κ2) is 7.95. The van der Waals surface area contributed by atoms with E-state index in [0.717, 1.165) is 25.6 Å². The number of aryl methyl sites for hydroxylation is 2. The Bertz CT molecular complexity index is 417. The van der Waals surface area contributed by atoms with Crippen molar-refractivity contribution in [2.75, 3.05) is 26.2 Å². The van der Waals surface area contributed by atoms with Gasteiger partial charge in [0, 0.05) is 19.1 Å². The molecule has 2 rings (SSSR count). The van der Waals surface area contributed by atoms with Crippen molar-refractivity contribution in [3.05, 3.63) is 34.9 Å². The molecular formula is C19H32N2. The summed E-state index contributed by atoms with van der Waals surface area (Å²) in [5.41, 5.74) is 4.19. The molecule has 2 heteroatoms. The molecule has 0 saturated heterocycles. The fraction of sp³-hybridized carbons (Fsp3) is 0.684. The van der Waals surface area contributed by atoms with Crippen LogP contribution in [0.15, 0.2) is 18.2 Å². The van der Waals surface area contributed by atoms with Crippen molar-refractivity contribution >= 4 is 0 Å². The molecule has 1 aromatic carbocycles. The molecule has 1 aromatic rings. The quantitative estimate of drug-likeness (QED) is 0.775. The molecule has 118 valence electrons. The smallest absolute Gasteiger partial charge is 0.0449 e. The molecule has 1 unspecified atom stereocenters. The zero-order valence-corrected chi connectivity index (χ0v) is 14.3. The van der Waals surface area contributed by atoms with Crippen LogP contribution < -0.4 is 5.32 Å². The first kappa shape index (κ1) is 16.5. The van der Waals surface area contributed by atoms with Crippen LogP contribution in [0.5, 0.6) is 0 Å². The molecule has 2 nitrogen and oxygen atoms in total. The zero-order valence-electron chi connectivity index (χ0n) is 14.3. The maximum Gasteiger partial charge on any atom is 0.0449 e. The third kappa shape index (κ3) is 4.82. The summed E-state index contributed by atoms with van der Waals surface area (Å²) in [5.74, 6) is 0.950. The van der Waals surface area contributed by atoms with E-state index < -0.39 is 0 Å². The third-order valence-corrected chi connectivity index (χ3v) is 4.73. The van der Waals surface area contributed by atoms with E-state index in [1.807, 2.05) is 0 Å².